The van der Waals surface area contributed by atoms with E-state index in [2.05, 4.69) is 9.88 Å². The van der Waals surface area contributed by atoms with Gasteiger partial charge in [-0.1, -0.05) is 58.0 Å². The third kappa shape index (κ3) is 7.04. The van der Waals surface area contributed by atoms with E-state index in [1.54, 1.807) is 31.6 Å². The minimum atomic E-state index is -5.27. The lowest BCUT2D eigenvalue weighted by atomic mass is 10.0. The number of hydrazine groups is 1. The summed E-state index contributed by atoms with van der Waals surface area (Å²) in [5, 5.41) is 1.91. The fourth-order valence-corrected chi connectivity index (χ4v) is 5.76. The highest BCUT2D eigenvalue weighted by Gasteiger charge is 2.54. The lowest BCUT2D eigenvalue weighted by Crippen LogP contribution is -2.51. The highest BCUT2D eigenvalue weighted by atomic mass is 32.1. The minimum absolute atomic E-state index is 0.0914. The average molecular weight is 636 g/mol. The summed E-state index contributed by atoms with van der Waals surface area (Å²) in [6, 6.07) is 4.73. The van der Waals surface area contributed by atoms with Crippen molar-refractivity contribution < 1.29 is 37.1 Å². The van der Waals surface area contributed by atoms with Crippen LogP contribution in [-0.4, -0.2) is 63.7 Å². The fraction of sp³-hybridized carbons (Fsp3) is 0.483. The predicted octanol–water partition coefficient (Wildman–Crippen LogP) is 4.65. The first-order valence-corrected chi connectivity index (χ1v) is 15.0. The van der Waals surface area contributed by atoms with Crippen LogP contribution in [0, 0.1) is 11.8 Å². The molecule has 4 rings (SSSR count). The van der Waals surface area contributed by atoms with Gasteiger partial charge >= 0.3 is 12.2 Å². The standard InChI is InChI=1S/C29H34F3N6O5S/c1-16(2)12-20(14-39)37(24(40)21-15-44-28(34-21)36(13-17(3)4)19-10-11-19)25(41)22-23(29(30,31)32)43-26(38(22)27(42)35-33)18-8-6-5-7-9-18/h5-9,15-17,19-20,26H,10-13,33H2,1-4H3,(H,35,42)/t20-,26?/m0/s1. The van der Waals surface area contributed by atoms with Crippen LogP contribution in [0.15, 0.2) is 47.2 Å². The van der Waals surface area contributed by atoms with Crippen molar-refractivity contribution in [2.45, 2.75) is 71.4 Å². The summed E-state index contributed by atoms with van der Waals surface area (Å²) in [7, 11) is 0. The van der Waals surface area contributed by atoms with Crippen LogP contribution < -0.4 is 16.2 Å². The molecule has 44 heavy (non-hydrogen) atoms. The number of anilines is 1. The number of nitrogens with zero attached hydrogens (tertiary/aromatic N) is 4. The SMILES string of the molecule is CC(C)C[C@@H]([C]=O)N(C(=O)C1=C(C(F)(F)F)OC(c2ccccc2)N1C(=O)NN)C(=O)c1csc(N(CC(C)C)C2CC2)n1. The first-order valence-electron chi connectivity index (χ1n) is 14.1. The summed E-state index contributed by atoms with van der Waals surface area (Å²) >= 11 is 1.15. The van der Waals surface area contributed by atoms with Crippen molar-refractivity contribution >= 4 is 40.6 Å². The van der Waals surface area contributed by atoms with Crippen LogP contribution in [0.3, 0.4) is 0 Å². The predicted molar refractivity (Wildman–Crippen MR) is 155 cm³/mol. The molecule has 3 N–H and O–H groups in total. The second-order valence-electron chi connectivity index (χ2n) is 11.4. The molecule has 237 valence electrons. The number of nitrogens with one attached hydrogen (secondary N) is 1. The van der Waals surface area contributed by atoms with Gasteiger partial charge in [0, 0.05) is 23.5 Å². The van der Waals surface area contributed by atoms with Crippen molar-refractivity contribution in [2.24, 2.45) is 17.7 Å². The van der Waals surface area contributed by atoms with Crippen LogP contribution in [0.25, 0.3) is 0 Å². The third-order valence-electron chi connectivity index (χ3n) is 6.89. The molecule has 2 heterocycles. The molecule has 11 nitrogen and oxygen atoms in total. The van der Waals surface area contributed by atoms with Crippen LogP contribution >= 0.6 is 11.3 Å². The number of hydrogen-bond acceptors (Lipinski definition) is 9. The lowest BCUT2D eigenvalue weighted by molar-refractivity contribution is -0.139. The number of halogens is 3. The summed E-state index contributed by atoms with van der Waals surface area (Å²) in [6.45, 7) is 8.14. The van der Waals surface area contributed by atoms with Crippen LogP contribution in [0.2, 0.25) is 0 Å². The normalized spacial score (nSPS) is 17.5. The Labute approximate surface area is 256 Å². The van der Waals surface area contributed by atoms with Gasteiger partial charge in [0.15, 0.2) is 10.8 Å². The minimum Gasteiger partial charge on any atom is -0.458 e. The number of ether oxygens (including phenoxy) is 1. The number of hydrogen-bond donors (Lipinski definition) is 2. The van der Waals surface area contributed by atoms with E-state index in [0.29, 0.717) is 21.5 Å². The molecule has 4 amide bonds. The number of carbonyl (C=O) groups excluding carboxylic acids is 4. The molecule has 1 saturated carbocycles. The zero-order valence-corrected chi connectivity index (χ0v) is 25.4. The average Bonchev–Trinajstić information content (AvgIpc) is 3.54. The molecule has 1 aromatic carbocycles. The Morgan fingerprint density at radius 3 is 2.32 bits per heavy atom. The van der Waals surface area contributed by atoms with E-state index in [-0.39, 0.29) is 35.6 Å². The number of aromatic nitrogens is 1. The Hall–Kier alpha value is -3.98. The number of alkyl halides is 3. The summed E-state index contributed by atoms with van der Waals surface area (Å²) in [5.74, 6) is 0.802. The maximum Gasteiger partial charge on any atom is 0.451 e. The maximum atomic E-state index is 14.4. The van der Waals surface area contributed by atoms with Gasteiger partial charge in [0.05, 0.1) is 0 Å². The van der Waals surface area contributed by atoms with Gasteiger partial charge < -0.3 is 9.64 Å². The number of carbonyl (C=O) groups is 3. The molecule has 2 aliphatic rings. The molecule has 1 aliphatic heterocycles. The van der Waals surface area contributed by atoms with Gasteiger partial charge in [-0.25, -0.2) is 20.5 Å². The number of rotatable bonds is 11. The van der Waals surface area contributed by atoms with Crippen molar-refractivity contribution in [3.63, 3.8) is 0 Å². The second kappa shape index (κ2) is 13.3. The number of allylic oxidation sites excluding steroid dienone is 1. The number of urea groups is 1. The number of thiazole rings is 1. The molecule has 1 radical (unpaired) electrons. The van der Waals surface area contributed by atoms with Crippen LogP contribution in [-0.2, 0) is 14.3 Å². The number of imide groups is 1. The molecule has 0 bridgehead atoms. The van der Waals surface area contributed by atoms with Crippen LogP contribution in [0.5, 0.6) is 0 Å². The van der Waals surface area contributed by atoms with E-state index in [4.69, 9.17) is 10.6 Å². The van der Waals surface area contributed by atoms with E-state index < -0.39 is 47.7 Å². The summed E-state index contributed by atoms with van der Waals surface area (Å²) in [5.41, 5.74) is 0.293. The zero-order chi connectivity index (χ0) is 32.3. The van der Waals surface area contributed by atoms with Crippen molar-refractivity contribution in [3.05, 3.63) is 58.4 Å². The van der Waals surface area contributed by atoms with Crippen molar-refractivity contribution in [1.29, 1.82) is 0 Å². The second-order valence-corrected chi connectivity index (χ2v) is 12.2. The highest BCUT2D eigenvalue weighted by molar-refractivity contribution is 7.14. The number of nitrogens with two attached hydrogens (primary N) is 1. The van der Waals surface area contributed by atoms with E-state index in [1.165, 1.54) is 29.6 Å². The summed E-state index contributed by atoms with van der Waals surface area (Å²) in [4.78, 5) is 60.6. The maximum absolute atomic E-state index is 14.4. The van der Waals surface area contributed by atoms with Gasteiger partial charge in [-0.3, -0.25) is 24.7 Å². The van der Waals surface area contributed by atoms with Crippen molar-refractivity contribution in [2.75, 3.05) is 11.4 Å². The molecule has 2 aromatic rings. The monoisotopic (exact) mass is 635 g/mol. The van der Waals surface area contributed by atoms with Crippen molar-refractivity contribution in [1.82, 2.24) is 20.2 Å². The van der Waals surface area contributed by atoms with Crippen molar-refractivity contribution in [3.8, 4) is 0 Å². The molecule has 15 heteroatoms. The molecule has 0 spiro atoms. The van der Waals surface area contributed by atoms with E-state index >= 15 is 0 Å². The first-order chi connectivity index (χ1) is 20.8. The smallest absolute Gasteiger partial charge is 0.451 e. The molecular weight excluding hydrogens is 601 g/mol. The topological polar surface area (TPSA) is 138 Å². The Kier molecular flexibility index (Phi) is 9.98. The molecule has 0 saturated heterocycles. The van der Waals surface area contributed by atoms with Gasteiger partial charge in [-0.2, -0.15) is 13.2 Å². The highest BCUT2D eigenvalue weighted by Crippen LogP contribution is 2.44. The number of amides is 4. The van der Waals surface area contributed by atoms with E-state index in [9.17, 15) is 32.3 Å². The summed E-state index contributed by atoms with van der Waals surface area (Å²) in [6.07, 6.45) is -3.60. The van der Waals surface area contributed by atoms with Gasteiger partial charge in [0.2, 0.25) is 18.3 Å². The van der Waals surface area contributed by atoms with Gasteiger partial charge in [-0.15, -0.1) is 11.3 Å². The molecule has 1 aromatic heterocycles. The van der Waals surface area contributed by atoms with Gasteiger partial charge in [0.25, 0.3) is 11.8 Å². The Morgan fingerprint density at radius 1 is 1.14 bits per heavy atom. The van der Waals surface area contributed by atoms with E-state index in [0.717, 1.165) is 24.2 Å². The van der Waals surface area contributed by atoms with Crippen LogP contribution in [0.4, 0.5) is 23.1 Å². The molecule has 1 fully saturated rings. The summed E-state index contributed by atoms with van der Waals surface area (Å²) < 4.78 is 48.5. The van der Waals surface area contributed by atoms with Gasteiger partial charge in [0.1, 0.15) is 11.7 Å². The molecule has 1 unspecified atom stereocenters. The Bertz CT molecular complexity index is 1410. The third-order valence-corrected chi connectivity index (χ3v) is 7.77. The lowest BCUT2D eigenvalue weighted by Gasteiger charge is -2.30. The molecular formula is C29H34F3N6O5S. The van der Waals surface area contributed by atoms with E-state index in [1.807, 2.05) is 13.8 Å². The molecule has 2 atom stereocenters. The Balaban J connectivity index is 1.82. The fourth-order valence-electron chi connectivity index (χ4n) is 4.88. The van der Waals surface area contributed by atoms with Gasteiger partial charge in [-0.05, 0) is 31.1 Å². The molecule has 1 aliphatic carbocycles. The number of benzene rings is 1. The van der Waals surface area contributed by atoms with Crippen LogP contribution in [0.1, 0.15) is 69.2 Å². The Morgan fingerprint density at radius 2 is 1.80 bits per heavy atom. The largest absolute Gasteiger partial charge is 0.458 e. The zero-order valence-electron chi connectivity index (χ0n) is 24.6. The first kappa shape index (κ1) is 32.9. The quantitative estimate of drug-likeness (QED) is 0.158.